The normalized spacial score (nSPS) is 18.5. The molecule has 2 aliphatic rings. The van der Waals surface area contributed by atoms with E-state index in [1.165, 1.54) is 44.2 Å². The molecule has 2 fully saturated rings. The fourth-order valence-corrected chi connectivity index (χ4v) is 4.31. The molecule has 0 atom stereocenters. The van der Waals surface area contributed by atoms with Crippen molar-refractivity contribution in [2.24, 2.45) is 5.92 Å². The zero-order valence-corrected chi connectivity index (χ0v) is 17.0. The highest BCUT2D eigenvalue weighted by Gasteiger charge is 2.25. The van der Waals surface area contributed by atoms with E-state index in [4.69, 9.17) is 4.52 Å². The lowest BCUT2D eigenvalue weighted by molar-refractivity contribution is -0.384. The average molecular weight is 413 g/mol. The lowest BCUT2D eigenvalue weighted by Gasteiger charge is -2.35. The van der Waals surface area contributed by atoms with E-state index in [1.807, 2.05) is 4.90 Å². The summed E-state index contributed by atoms with van der Waals surface area (Å²) in [5.41, 5.74) is 0.546. The molecule has 160 valence electrons. The minimum absolute atomic E-state index is 0.00661. The minimum Gasteiger partial charge on any atom is -0.340 e. The Kier molecular flexibility index (Phi) is 6.37. The molecule has 1 amide bonds. The minimum atomic E-state index is -0.445. The summed E-state index contributed by atoms with van der Waals surface area (Å²) in [4.78, 5) is 31.6. The van der Waals surface area contributed by atoms with Crippen LogP contribution in [0.2, 0.25) is 0 Å². The Labute approximate surface area is 175 Å². The van der Waals surface area contributed by atoms with Crippen LogP contribution in [0.15, 0.2) is 28.8 Å². The Bertz CT molecular complexity index is 885. The van der Waals surface area contributed by atoms with Crippen molar-refractivity contribution in [2.45, 2.75) is 45.1 Å². The molecule has 1 aliphatic carbocycles. The molecule has 1 saturated carbocycles. The topological polar surface area (TPSA) is 106 Å². The number of nitrogens with zero attached hydrogens (tertiary/aromatic N) is 5. The van der Waals surface area contributed by atoms with Gasteiger partial charge in [-0.05, 0) is 18.8 Å². The Morgan fingerprint density at radius 3 is 2.67 bits per heavy atom. The van der Waals surface area contributed by atoms with Gasteiger partial charge in [0.15, 0.2) is 0 Å². The number of carbonyl (C=O) groups is 1. The molecule has 2 aromatic rings. The Morgan fingerprint density at radius 1 is 1.17 bits per heavy atom. The molecule has 1 aliphatic heterocycles. The number of benzene rings is 1. The van der Waals surface area contributed by atoms with Crippen LogP contribution in [0.5, 0.6) is 0 Å². The third-order valence-electron chi connectivity index (χ3n) is 6.06. The Balaban J connectivity index is 1.28. The predicted octanol–water partition coefficient (Wildman–Crippen LogP) is 3.26. The van der Waals surface area contributed by atoms with Gasteiger partial charge in [-0.1, -0.05) is 36.6 Å². The maximum absolute atomic E-state index is 12.6. The van der Waals surface area contributed by atoms with E-state index in [9.17, 15) is 14.9 Å². The summed E-state index contributed by atoms with van der Waals surface area (Å²) in [5.74, 6) is 1.66. The molecule has 2 heterocycles. The van der Waals surface area contributed by atoms with Crippen LogP contribution in [0.25, 0.3) is 11.4 Å². The lowest BCUT2D eigenvalue weighted by atomic mass is 9.86. The first-order valence-corrected chi connectivity index (χ1v) is 10.7. The van der Waals surface area contributed by atoms with E-state index in [-0.39, 0.29) is 11.6 Å². The fraction of sp³-hybridized carbons (Fsp3) is 0.571. The van der Waals surface area contributed by atoms with E-state index in [0.717, 1.165) is 26.2 Å². The second-order valence-corrected chi connectivity index (χ2v) is 8.18. The smallest absolute Gasteiger partial charge is 0.270 e. The number of carbonyl (C=O) groups excluding carboxylic acids is 1. The molecule has 1 aromatic carbocycles. The lowest BCUT2D eigenvalue weighted by Crippen LogP contribution is -2.48. The number of hydrogen-bond acceptors (Lipinski definition) is 7. The molecular weight excluding hydrogens is 386 g/mol. The molecule has 4 rings (SSSR count). The van der Waals surface area contributed by atoms with E-state index < -0.39 is 4.92 Å². The standard InChI is InChI=1S/C21H27N5O4/c27-20(13-16-5-2-1-3-6-16)25-11-9-24(10-12-25)15-19-22-21(23-30-19)17-7-4-8-18(14-17)26(28)29/h4,7-8,14,16H,1-3,5-6,9-13,15H2. The number of amides is 1. The SMILES string of the molecule is O=C(CC1CCCCC1)N1CCN(Cc2nc(-c3cccc([N+](=O)[O-])c3)no2)CC1. The molecule has 0 unspecified atom stereocenters. The van der Waals surface area contributed by atoms with Crippen LogP contribution in [-0.4, -0.2) is 56.9 Å². The predicted molar refractivity (Wildman–Crippen MR) is 109 cm³/mol. The summed E-state index contributed by atoms with van der Waals surface area (Å²) in [6, 6.07) is 6.19. The summed E-state index contributed by atoms with van der Waals surface area (Å²) in [6.45, 7) is 3.48. The molecular formula is C21H27N5O4. The van der Waals surface area contributed by atoms with Crippen LogP contribution in [0.3, 0.4) is 0 Å². The van der Waals surface area contributed by atoms with E-state index in [1.54, 1.807) is 12.1 Å². The number of nitro groups is 1. The van der Waals surface area contributed by atoms with Gasteiger partial charge in [0.2, 0.25) is 17.6 Å². The van der Waals surface area contributed by atoms with Gasteiger partial charge in [-0.15, -0.1) is 0 Å². The second kappa shape index (κ2) is 9.34. The van der Waals surface area contributed by atoms with Crippen LogP contribution in [0, 0.1) is 16.0 Å². The van der Waals surface area contributed by atoms with Crippen molar-refractivity contribution in [3.8, 4) is 11.4 Å². The molecule has 0 spiro atoms. The average Bonchev–Trinajstić information content (AvgIpc) is 3.23. The third-order valence-corrected chi connectivity index (χ3v) is 6.06. The summed E-state index contributed by atoms with van der Waals surface area (Å²) < 4.78 is 5.34. The largest absolute Gasteiger partial charge is 0.340 e. The van der Waals surface area contributed by atoms with Crippen molar-refractivity contribution in [2.75, 3.05) is 26.2 Å². The number of aromatic nitrogens is 2. The maximum Gasteiger partial charge on any atom is 0.270 e. The highest BCUT2D eigenvalue weighted by Crippen LogP contribution is 2.27. The van der Waals surface area contributed by atoms with Gasteiger partial charge in [0.25, 0.3) is 5.69 Å². The second-order valence-electron chi connectivity index (χ2n) is 8.18. The van der Waals surface area contributed by atoms with Gasteiger partial charge in [0.05, 0.1) is 11.5 Å². The third kappa shape index (κ3) is 5.02. The van der Waals surface area contributed by atoms with Crippen LogP contribution in [0.1, 0.15) is 44.4 Å². The summed E-state index contributed by atoms with van der Waals surface area (Å²) in [5, 5.41) is 14.9. The van der Waals surface area contributed by atoms with Crippen molar-refractivity contribution in [1.29, 1.82) is 0 Å². The van der Waals surface area contributed by atoms with E-state index >= 15 is 0 Å². The highest BCUT2D eigenvalue weighted by atomic mass is 16.6. The first-order valence-electron chi connectivity index (χ1n) is 10.7. The molecule has 1 aromatic heterocycles. The molecule has 1 saturated heterocycles. The monoisotopic (exact) mass is 413 g/mol. The quantitative estimate of drug-likeness (QED) is 0.528. The number of hydrogen-bond donors (Lipinski definition) is 0. The zero-order valence-electron chi connectivity index (χ0n) is 17.0. The van der Waals surface area contributed by atoms with Gasteiger partial charge in [0.1, 0.15) is 0 Å². The Morgan fingerprint density at radius 2 is 1.93 bits per heavy atom. The molecule has 9 heteroatoms. The van der Waals surface area contributed by atoms with Gasteiger partial charge >= 0.3 is 0 Å². The highest BCUT2D eigenvalue weighted by molar-refractivity contribution is 5.76. The first kappa shape index (κ1) is 20.5. The number of rotatable bonds is 6. The van der Waals surface area contributed by atoms with Gasteiger partial charge < -0.3 is 9.42 Å². The van der Waals surface area contributed by atoms with E-state index in [0.29, 0.717) is 36.2 Å². The fourth-order valence-electron chi connectivity index (χ4n) is 4.31. The first-order chi connectivity index (χ1) is 14.6. The number of nitro benzene ring substituents is 1. The number of piperazine rings is 1. The van der Waals surface area contributed by atoms with Crippen molar-refractivity contribution in [1.82, 2.24) is 19.9 Å². The van der Waals surface area contributed by atoms with Crippen LogP contribution in [-0.2, 0) is 11.3 Å². The molecule has 9 nitrogen and oxygen atoms in total. The number of non-ortho nitro benzene ring substituents is 1. The van der Waals surface area contributed by atoms with Crippen molar-refractivity contribution >= 4 is 11.6 Å². The van der Waals surface area contributed by atoms with Crippen LogP contribution >= 0.6 is 0 Å². The summed E-state index contributed by atoms with van der Waals surface area (Å²) >= 11 is 0. The van der Waals surface area contributed by atoms with Crippen LogP contribution < -0.4 is 0 Å². The van der Waals surface area contributed by atoms with Gasteiger partial charge in [-0.2, -0.15) is 4.98 Å². The molecule has 0 bridgehead atoms. The van der Waals surface area contributed by atoms with Gasteiger partial charge in [-0.25, -0.2) is 0 Å². The van der Waals surface area contributed by atoms with Crippen LogP contribution in [0.4, 0.5) is 5.69 Å². The molecule has 0 radical (unpaired) electrons. The summed E-state index contributed by atoms with van der Waals surface area (Å²) in [7, 11) is 0. The van der Waals surface area contributed by atoms with E-state index in [2.05, 4.69) is 15.0 Å². The summed E-state index contributed by atoms with van der Waals surface area (Å²) in [6.07, 6.45) is 6.89. The van der Waals surface area contributed by atoms with Gasteiger partial charge in [0, 0.05) is 50.3 Å². The van der Waals surface area contributed by atoms with Crippen molar-refractivity contribution in [3.63, 3.8) is 0 Å². The molecule has 0 N–H and O–H groups in total. The van der Waals surface area contributed by atoms with Gasteiger partial charge in [-0.3, -0.25) is 19.8 Å². The van der Waals surface area contributed by atoms with Crippen molar-refractivity contribution in [3.05, 3.63) is 40.3 Å². The Hall–Kier alpha value is -2.81. The zero-order chi connectivity index (χ0) is 20.9. The van der Waals surface area contributed by atoms with Crippen molar-refractivity contribution < 1.29 is 14.2 Å². The maximum atomic E-state index is 12.6. The molecule has 30 heavy (non-hydrogen) atoms.